The van der Waals surface area contributed by atoms with Crippen LogP contribution >= 0.6 is 0 Å². The van der Waals surface area contributed by atoms with Gasteiger partial charge < -0.3 is 27.2 Å². The van der Waals surface area contributed by atoms with Crippen molar-refractivity contribution in [2.75, 3.05) is 13.2 Å². The zero-order valence-electron chi connectivity index (χ0n) is 21.8. The Morgan fingerprint density at radius 3 is 1.60 bits per heavy atom. The Labute approximate surface area is 189 Å². The lowest BCUT2D eigenvalue weighted by molar-refractivity contribution is -0.173. The third kappa shape index (κ3) is 11.0. The first-order chi connectivity index (χ1) is 13.3. The second-order valence-corrected chi connectivity index (χ2v) is 29.9. The molecule has 5 atom stereocenters. The minimum absolute atomic E-state index is 0.206. The van der Waals surface area contributed by atoms with Crippen molar-refractivity contribution in [3.8, 4) is 0 Å². The second-order valence-electron chi connectivity index (χ2n) is 12.0. The van der Waals surface area contributed by atoms with Gasteiger partial charge in [-0.1, -0.05) is 0 Å². The molecule has 0 aromatic rings. The standard InChI is InChI=1S/C20H48O6Si4/c1-14-21-20-19(26-30(11,12)13)18(25-29(8,9)10)17(23-20)16(24-28(5,6)7)15-22-27(2,3)4/h16-20H,14-15H2,1-13H3. The maximum absolute atomic E-state index is 6.70. The molecule has 0 radical (unpaired) electrons. The van der Waals surface area contributed by atoms with Gasteiger partial charge >= 0.3 is 0 Å². The summed E-state index contributed by atoms with van der Waals surface area (Å²) in [6.45, 7) is 29.5. The number of ether oxygens (including phenoxy) is 2. The molecule has 0 amide bonds. The summed E-state index contributed by atoms with van der Waals surface area (Å²) in [4.78, 5) is 0. The van der Waals surface area contributed by atoms with E-state index in [-0.39, 0.29) is 24.4 Å². The molecule has 1 saturated heterocycles. The zero-order valence-corrected chi connectivity index (χ0v) is 25.8. The summed E-state index contributed by atoms with van der Waals surface area (Å²) in [6.07, 6.45) is -1.42. The molecule has 0 N–H and O–H groups in total. The fourth-order valence-corrected chi connectivity index (χ4v) is 7.23. The van der Waals surface area contributed by atoms with E-state index in [4.69, 9.17) is 27.2 Å². The summed E-state index contributed by atoms with van der Waals surface area (Å²) in [5.41, 5.74) is 0. The Kier molecular flexibility index (Phi) is 10.2. The predicted octanol–water partition coefficient (Wildman–Crippen LogP) is 5.26. The molecule has 0 bridgehead atoms. The highest BCUT2D eigenvalue weighted by Crippen LogP contribution is 2.35. The van der Waals surface area contributed by atoms with Crippen LogP contribution < -0.4 is 0 Å². The van der Waals surface area contributed by atoms with E-state index >= 15 is 0 Å². The summed E-state index contributed by atoms with van der Waals surface area (Å²) < 4.78 is 38.7. The maximum atomic E-state index is 6.70. The molecular formula is C20H48O6Si4. The first kappa shape index (κ1) is 28.7. The Hall–Kier alpha value is 0.628. The van der Waals surface area contributed by atoms with Crippen LogP contribution in [0.15, 0.2) is 0 Å². The third-order valence-electron chi connectivity index (χ3n) is 4.07. The smallest absolute Gasteiger partial charge is 0.185 e. The summed E-state index contributed by atoms with van der Waals surface area (Å²) >= 11 is 0. The van der Waals surface area contributed by atoms with Gasteiger partial charge in [-0.3, -0.25) is 0 Å². The van der Waals surface area contributed by atoms with Crippen LogP contribution in [0.1, 0.15) is 6.92 Å². The number of hydrogen-bond donors (Lipinski definition) is 0. The average molecular weight is 497 g/mol. The third-order valence-corrected chi connectivity index (χ3v) is 8.07. The van der Waals surface area contributed by atoms with Crippen molar-refractivity contribution in [1.29, 1.82) is 0 Å². The van der Waals surface area contributed by atoms with Crippen molar-refractivity contribution in [2.24, 2.45) is 0 Å². The summed E-state index contributed by atoms with van der Waals surface area (Å²) in [5.74, 6) is 0. The zero-order chi connectivity index (χ0) is 23.5. The van der Waals surface area contributed by atoms with E-state index in [1.165, 1.54) is 0 Å². The fourth-order valence-electron chi connectivity index (χ4n) is 3.30. The topological polar surface area (TPSA) is 55.4 Å². The molecule has 5 unspecified atom stereocenters. The van der Waals surface area contributed by atoms with Crippen LogP contribution in [0, 0.1) is 0 Å². The van der Waals surface area contributed by atoms with E-state index < -0.39 is 39.6 Å². The first-order valence-corrected chi connectivity index (χ1v) is 24.9. The lowest BCUT2D eigenvalue weighted by Gasteiger charge is -2.37. The largest absolute Gasteiger partial charge is 0.415 e. The monoisotopic (exact) mass is 496 g/mol. The summed E-state index contributed by atoms with van der Waals surface area (Å²) in [5, 5.41) is 0. The molecule has 0 aromatic heterocycles. The Bertz CT molecular complexity index is 521. The van der Waals surface area contributed by atoms with Crippen LogP contribution in [0.3, 0.4) is 0 Å². The molecule has 10 heteroatoms. The minimum atomic E-state index is -1.87. The van der Waals surface area contributed by atoms with Crippen LogP contribution in [0.25, 0.3) is 0 Å². The molecule has 0 aromatic carbocycles. The highest BCUT2D eigenvalue weighted by Gasteiger charge is 2.53. The number of rotatable bonds is 12. The minimum Gasteiger partial charge on any atom is -0.415 e. The highest BCUT2D eigenvalue weighted by molar-refractivity contribution is 6.71. The van der Waals surface area contributed by atoms with Gasteiger partial charge in [0.2, 0.25) is 0 Å². The van der Waals surface area contributed by atoms with Crippen LogP contribution in [0.2, 0.25) is 78.6 Å². The van der Waals surface area contributed by atoms with Crippen molar-refractivity contribution in [1.82, 2.24) is 0 Å². The molecule has 1 aliphatic heterocycles. The van der Waals surface area contributed by atoms with Gasteiger partial charge in [-0.15, -0.1) is 0 Å². The van der Waals surface area contributed by atoms with E-state index in [1.54, 1.807) is 0 Å². The highest BCUT2D eigenvalue weighted by atomic mass is 28.4. The molecule has 1 aliphatic rings. The Morgan fingerprint density at radius 2 is 1.20 bits per heavy atom. The van der Waals surface area contributed by atoms with Gasteiger partial charge in [0.1, 0.15) is 18.3 Å². The SMILES string of the molecule is CCOC1OC(C(CO[Si](C)(C)C)O[Si](C)(C)C)C(O[Si](C)(C)C)C1O[Si](C)(C)C. The fraction of sp³-hybridized carbons (Fsp3) is 1.00. The van der Waals surface area contributed by atoms with Gasteiger partial charge in [0.15, 0.2) is 39.6 Å². The molecule has 30 heavy (non-hydrogen) atoms. The molecule has 0 spiro atoms. The lowest BCUT2D eigenvalue weighted by Crippen LogP contribution is -2.53. The van der Waals surface area contributed by atoms with Gasteiger partial charge in [-0.05, 0) is 85.5 Å². The molecule has 0 saturated carbocycles. The molecule has 6 nitrogen and oxygen atoms in total. The normalized spacial score (nSPS) is 27.5. The Balaban J connectivity index is 3.30. The van der Waals surface area contributed by atoms with Crippen molar-refractivity contribution in [3.05, 3.63) is 0 Å². The summed E-state index contributed by atoms with van der Waals surface area (Å²) in [6, 6.07) is 0. The van der Waals surface area contributed by atoms with Crippen molar-refractivity contribution in [3.63, 3.8) is 0 Å². The molecule has 1 heterocycles. The van der Waals surface area contributed by atoms with Gasteiger partial charge in [-0.25, -0.2) is 0 Å². The summed E-state index contributed by atoms with van der Waals surface area (Å²) in [7, 11) is -7.28. The van der Waals surface area contributed by atoms with Crippen LogP contribution in [0.5, 0.6) is 0 Å². The predicted molar refractivity (Wildman–Crippen MR) is 134 cm³/mol. The maximum Gasteiger partial charge on any atom is 0.185 e. The lowest BCUT2D eigenvalue weighted by atomic mass is 10.1. The molecule has 1 fully saturated rings. The van der Waals surface area contributed by atoms with Gasteiger partial charge in [0.25, 0.3) is 0 Å². The van der Waals surface area contributed by atoms with Crippen LogP contribution in [-0.4, -0.2) is 77.2 Å². The van der Waals surface area contributed by atoms with Crippen molar-refractivity contribution < 1.29 is 27.2 Å². The molecule has 0 aliphatic carbocycles. The van der Waals surface area contributed by atoms with Crippen LogP contribution in [-0.2, 0) is 27.2 Å². The number of hydrogen-bond acceptors (Lipinski definition) is 6. The molecule has 180 valence electrons. The van der Waals surface area contributed by atoms with Crippen molar-refractivity contribution >= 4 is 33.3 Å². The first-order valence-electron chi connectivity index (χ1n) is 11.3. The Morgan fingerprint density at radius 1 is 0.700 bits per heavy atom. The van der Waals surface area contributed by atoms with Gasteiger partial charge in [-0.2, -0.15) is 0 Å². The van der Waals surface area contributed by atoms with Crippen molar-refractivity contribution in [2.45, 2.75) is 116 Å². The molecular weight excluding hydrogens is 449 g/mol. The van der Waals surface area contributed by atoms with Gasteiger partial charge in [0, 0.05) is 6.61 Å². The van der Waals surface area contributed by atoms with E-state index in [9.17, 15) is 0 Å². The van der Waals surface area contributed by atoms with E-state index in [0.29, 0.717) is 13.2 Å². The van der Waals surface area contributed by atoms with Gasteiger partial charge in [0.05, 0.1) is 12.7 Å². The van der Waals surface area contributed by atoms with Crippen LogP contribution in [0.4, 0.5) is 0 Å². The van der Waals surface area contributed by atoms with E-state index in [1.807, 2.05) is 6.92 Å². The second kappa shape index (κ2) is 10.7. The van der Waals surface area contributed by atoms with E-state index in [2.05, 4.69) is 78.6 Å². The van der Waals surface area contributed by atoms with E-state index in [0.717, 1.165) is 0 Å². The molecule has 1 rings (SSSR count). The quantitative estimate of drug-likeness (QED) is 0.344. The average Bonchev–Trinajstić information content (AvgIpc) is 2.77.